The Labute approximate surface area is 185 Å². The summed E-state index contributed by atoms with van der Waals surface area (Å²) in [7, 11) is 1.43. The third-order valence-corrected chi connectivity index (χ3v) is 4.98. The molecule has 3 heterocycles. The summed E-state index contributed by atoms with van der Waals surface area (Å²) in [5.41, 5.74) is 1.03. The van der Waals surface area contributed by atoms with Gasteiger partial charge in [0.1, 0.15) is 11.0 Å². The number of hydrogen-bond acceptors (Lipinski definition) is 7. The standard InChI is InChI=1S/C21H19F3N6O3/c1-4-33-19(31)14-9-25-29(11-14)20-27-16-10-26-30(17(16)18(28-20)32-3)12(2)13-5-7-15(8-6-13)21(22,23)24/h5-12H,4H2,1-3H3/t12-/m1/s1. The zero-order valence-electron chi connectivity index (χ0n) is 17.9. The molecule has 0 aliphatic heterocycles. The SMILES string of the molecule is CCOC(=O)c1cnn(-c2nc(OC)c3c(cnn3[C@H](C)c3ccc(C(F)(F)F)cc3)n2)c1. The first-order chi connectivity index (χ1) is 15.7. The van der Waals surface area contributed by atoms with Crippen molar-refractivity contribution < 1.29 is 27.4 Å². The summed E-state index contributed by atoms with van der Waals surface area (Å²) < 4.78 is 51.9. The van der Waals surface area contributed by atoms with Gasteiger partial charge in [-0.1, -0.05) is 12.1 Å². The Bertz CT molecular complexity index is 1300. The monoisotopic (exact) mass is 460 g/mol. The van der Waals surface area contributed by atoms with Crippen molar-refractivity contribution in [3.05, 3.63) is 59.5 Å². The number of carbonyl (C=O) groups excluding carboxylic acids is 1. The number of nitrogens with zero attached hydrogens (tertiary/aromatic N) is 6. The number of methoxy groups -OCH3 is 1. The predicted octanol–water partition coefficient (Wildman–Crippen LogP) is 3.83. The highest BCUT2D eigenvalue weighted by Gasteiger charge is 2.30. The van der Waals surface area contributed by atoms with E-state index >= 15 is 0 Å². The molecule has 0 N–H and O–H groups in total. The Morgan fingerprint density at radius 1 is 1.12 bits per heavy atom. The minimum Gasteiger partial charge on any atom is -0.479 e. The van der Waals surface area contributed by atoms with Crippen LogP contribution in [0.2, 0.25) is 0 Å². The van der Waals surface area contributed by atoms with Crippen LogP contribution in [0.15, 0.2) is 42.9 Å². The molecule has 0 aliphatic rings. The first-order valence-corrected chi connectivity index (χ1v) is 9.91. The van der Waals surface area contributed by atoms with E-state index < -0.39 is 23.8 Å². The highest BCUT2D eigenvalue weighted by atomic mass is 19.4. The van der Waals surface area contributed by atoms with Crippen LogP contribution in [0.5, 0.6) is 5.88 Å². The van der Waals surface area contributed by atoms with E-state index in [1.54, 1.807) is 18.5 Å². The number of rotatable bonds is 6. The third-order valence-electron chi connectivity index (χ3n) is 4.98. The topological polar surface area (TPSA) is 97.0 Å². The Kier molecular flexibility index (Phi) is 5.75. The number of halogens is 3. The van der Waals surface area contributed by atoms with Gasteiger partial charge in [0, 0.05) is 6.20 Å². The van der Waals surface area contributed by atoms with Crippen molar-refractivity contribution in [3.63, 3.8) is 0 Å². The lowest BCUT2D eigenvalue weighted by molar-refractivity contribution is -0.137. The molecule has 1 aromatic carbocycles. The third kappa shape index (κ3) is 4.23. The number of carbonyl (C=O) groups is 1. The maximum atomic E-state index is 12.9. The molecule has 4 aromatic rings. The van der Waals surface area contributed by atoms with Crippen LogP contribution in [-0.2, 0) is 10.9 Å². The lowest BCUT2D eigenvalue weighted by Crippen LogP contribution is -2.11. The highest BCUT2D eigenvalue weighted by molar-refractivity contribution is 5.88. The normalized spacial score (nSPS) is 12.7. The second kappa shape index (κ2) is 8.52. The summed E-state index contributed by atoms with van der Waals surface area (Å²) >= 11 is 0. The first-order valence-electron chi connectivity index (χ1n) is 9.91. The second-order valence-corrected chi connectivity index (χ2v) is 7.05. The number of benzene rings is 1. The summed E-state index contributed by atoms with van der Waals surface area (Å²) in [4.78, 5) is 20.7. The molecule has 0 fully saturated rings. The second-order valence-electron chi connectivity index (χ2n) is 7.05. The first kappa shape index (κ1) is 22.2. The number of alkyl halides is 3. The van der Waals surface area contributed by atoms with E-state index in [1.807, 2.05) is 0 Å². The minimum absolute atomic E-state index is 0.150. The molecule has 0 amide bonds. The fraction of sp³-hybridized carbons (Fsp3) is 0.286. The van der Waals surface area contributed by atoms with Crippen LogP contribution in [0.25, 0.3) is 17.0 Å². The molecule has 12 heteroatoms. The predicted molar refractivity (Wildman–Crippen MR) is 110 cm³/mol. The van der Waals surface area contributed by atoms with Gasteiger partial charge in [-0.3, -0.25) is 4.68 Å². The van der Waals surface area contributed by atoms with Crippen LogP contribution in [0.3, 0.4) is 0 Å². The quantitative estimate of drug-likeness (QED) is 0.404. The van der Waals surface area contributed by atoms with Gasteiger partial charge in [0.15, 0.2) is 0 Å². The number of fused-ring (bicyclic) bond motifs is 1. The lowest BCUT2D eigenvalue weighted by atomic mass is 10.1. The van der Waals surface area contributed by atoms with Crippen molar-refractivity contribution in [3.8, 4) is 11.8 Å². The van der Waals surface area contributed by atoms with E-state index in [0.29, 0.717) is 16.6 Å². The van der Waals surface area contributed by atoms with Crippen molar-refractivity contribution in [1.82, 2.24) is 29.5 Å². The van der Waals surface area contributed by atoms with Crippen LogP contribution in [0, 0.1) is 0 Å². The molecule has 0 bridgehead atoms. The molecule has 0 saturated heterocycles. The molecule has 0 aliphatic carbocycles. The van der Waals surface area contributed by atoms with Gasteiger partial charge in [-0.25, -0.2) is 14.5 Å². The number of hydrogen-bond donors (Lipinski definition) is 0. The van der Waals surface area contributed by atoms with Gasteiger partial charge in [-0.05, 0) is 31.5 Å². The number of esters is 1. The zero-order chi connectivity index (χ0) is 23.8. The van der Waals surface area contributed by atoms with E-state index in [4.69, 9.17) is 9.47 Å². The Morgan fingerprint density at radius 3 is 2.48 bits per heavy atom. The lowest BCUT2D eigenvalue weighted by Gasteiger charge is -2.16. The van der Waals surface area contributed by atoms with Crippen molar-refractivity contribution in [2.24, 2.45) is 0 Å². The molecule has 4 rings (SSSR count). The fourth-order valence-corrected chi connectivity index (χ4v) is 3.30. The van der Waals surface area contributed by atoms with E-state index in [9.17, 15) is 18.0 Å². The maximum absolute atomic E-state index is 12.9. The molecule has 33 heavy (non-hydrogen) atoms. The molecule has 0 spiro atoms. The van der Waals surface area contributed by atoms with E-state index in [2.05, 4.69) is 20.2 Å². The highest BCUT2D eigenvalue weighted by Crippen LogP contribution is 2.32. The molecule has 1 atom stereocenters. The summed E-state index contributed by atoms with van der Waals surface area (Å²) in [5, 5.41) is 8.46. The van der Waals surface area contributed by atoms with Gasteiger partial charge < -0.3 is 9.47 Å². The Morgan fingerprint density at radius 2 is 1.85 bits per heavy atom. The van der Waals surface area contributed by atoms with Crippen molar-refractivity contribution in [1.29, 1.82) is 0 Å². The van der Waals surface area contributed by atoms with E-state index in [-0.39, 0.29) is 24.0 Å². The molecule has 172 valence electrons. The van der Waals surface area contributed by atoms with Gasteiger partial charge in [0.05, 0.1) is 43.3 Å². The van der Waals surface area contributed by atoms with Crippen LogP contribution in [0.4, 0.5) is 13.2 Å². The van der Waals surface area contributed by atoms with Crippen LogP contribution < -0.4 is 4.74 Å². The van der Waals surface area contributed by atoms with Gasteiger partial charge in [0.2, 0.25) is 5.88 Å². The average molecular weight is 460 g/mol. The van der Waals surface area contributed by atoms with Gasteiger partial charge >= 0.3 is 12.1 Å². The molecule has 3 aromatic heterocycles. The van der Waals surface area contributed by atoms with Crippen molar-refractivity contribution in [2.45, 2.75) is 26.1 Å². The smallest absolute Gasteiger partial charge is 0.416 e. The van der Waals surface area contributed by atoms with Crippen molar-refractivity contribution in [2.75, 3.05) is 13.7 Å². The minimum atomic E-state index is -4.41. The Hall–Kier alpha value is -3.96. The van der Waals surface area contributed by atoms with Crippen LogP contribution in [0.1, 0.15) is 41.4 Å². The summed E-state index contributed by atoms with van der Waals surface area (Å²) in [6, 6.07) is 4.45. The summed E-state index contributed by atoms with van der Waals surface area (Å²) in [6.07, 6.45) is -0.130. The molecule has 0 saturated carbocycles. The molecular weight excluding hydrogens is 441 g/mol. The number of aromatic nitrogens is 6. The van der Waals surface area contributed by atoms with E-state index in [1.165, 1.54) is 42.5 Å². The molecule has 9 nitrogen and oxygen atoms in total. The maximum Gasteiger partial charge on any atom is 0.416 e. The van der Waals surface area contributed by atoms with Crippen molar-refractivity contribution >= 4 is 17.0 Å². The molecule has 0 unspecified atom stereocenters. The average Bonchev–Trinajstić information content (AvgIpc) is 3.45. The number of ether oxygens (including phenoxy) is 2. The van der Waals surface area contributed by atoms with Gasteiger partial charge in [-0.2, -0.15) is 28.4 Å². The molecular formula is C21H19F3N6O3. The largest absolute Gasteiger partial charge is 0.479 e. The van der Waals surface area contributed by atoms with Crippen LogP contribution in [-0.4, -0.2) is 49.2 Å². The Balaban J connectivity index is 1.70. The fourth-order valence-electron chi connectivity index (χ4n) is 3.30. The summed E-state index contributed by atoms with van der Waals surface area (Å²) in [5.74, 6) is -0.175. The van der Waals surface area contributed by atoms with E-state index in [0.717, 1.165) is 12.1 Å². The summed E-state index contributed by atoms with van der Waals surface area (Å²) in [6.45, 7) is 3.73. The molecule has 0 radical (unpaired) electrons. The van der Waals surface area contributed by atoms with Crippen LogP contribution >= 0.6 is 0 Å². The zero-order valence-corrected chi connectivity index (χ0v) is 17.9. The van der Waals surface area contributed by atoms with Gasteiger partial charge in [-0.15, -0.1) is 0 Å². The van der Waals surface area contributed by atoms with Gasteiger partial charge in [0.25, 0.3) is 5.95 Å².